The molecule has 2 rings (SSSR count). The maximum atomic E-state index is 12.4. The van der Waals surface area contributed by atoms with Gasteiger partial charge in [0.2, 0.25) is 0 Å². The SMILES string of the molecule is CCC(=O)C1=C(O)C(=O)N(CCOC)C1c1ccccc1OC. The number of ketones is 1. The fourth-order valence-electron chi connectivity index (χ4n) is 2.76. The summed E-state index contributed by atoms with van der Waals surface area (Å²) in [5.41, 5.74) is 0.790. The standard InChI is InChI=1S/C17H21NO5/c1-4-12(19)14-15(11-7-5-6-8-13(11)23-3)18(9-10-22-2)17(21)16(14)20/h5-8,15,20H,4,9-10H2,1-3H3. The molecule has 0 aliphatic carbocycles. The number of nitrogens with zero attached hydrogens (tertiary/aromatic N) is 1. The van der Waals surface area contributed by atoms with Gasteiger partial charge in [0.1, 0.15) is 5.75 Å². The van der Waals surface area contributed by atoms with E-state index in [0.29, 0.717) is 17.9 Å². The first-order valence-electron chi connectivity index (χ1n) is 7.45. The minimum atomic E-state index is -0.666. The molecule has 1 aliphatic heterocycles. The van der Waals surface area contributed by atoms with Gasteiger partial charge in [0, 0.05) is 25.6 Å². The summed E-state index contributed by atoms with van der Waals surface area (Å²) in [6.07, 6.45) is 0.205. The highest BCUT2D eigenvalue weighted by molar-refractivity contribution is 6.08. The van der Waals surface area contributed by atoms with E-state index < -0.39 is 17.7 Å². The molecule has 0 fully saturated rings. The van der Waals surface area contributed by atoms with E-state index in [-0.39, 0.29) is 24.3 Å². The van der Waals surface area contributed by atoms with Crippen molar-refractivity contribution in [2.45, 2.75) is 19.4 Å². The highest BCUT2D eigenvalue weighted by Gasteiger charge is 2.43. The molecule has 1 aromatic rings. The van der Waals surface area contributed by atoms with Crippen molar-refractivity contribution in [1.29, 1.82) is 0 Å². The van der Waals surface area contributed by atoms with E-state index in [0.717, 1.165) is 0 Å². The van der Waals surface area contributed by atoms with Crippen LogP contribution in [-0.4, -0.2) is 49.1 Å². The van der Waals surface area contributed by atoms with Crippen LogP contribution in [0.2, 0.25) is 0 Å². The Hall–Kier alpha value is -2.34. The van der Waals surface area contributed by atoms with Crippen molar-refractivity contribution in [2.24, 2.45) is 0 Å². The van der Waals surface area contributed by atoms with E-state index in [1.54, 1.807) is 25.1 Å². The summed E-state index contributed by atoms with van der Waals surface area (Å²) in [4.78, 5) is 26.1. The second-order valence-corrected chi connectivity index (χ2v) is 5.17. The first-order chi connectivity index (χ1) is 11.1. The Morgan fingerprint density at radius 2 is 2.00 bits per heavy atom. The number of methoxy groups -OCH3 is 2. The van der Waals surface area contributed by atoms with Gasteiger partial charge >= 0.3 is 0 Å². The molecular formula is C17H21NO5. The largest absolute Gasteiger partial charge is 0.503 e. The molecule has 1 aromatic carbocycles. The van der Waals surface area contributed by atoms with Gasteiger partial charge in [-0.3, -0.25) is 9.59 Å². The molecule has 6 heteroatoms. The minimum Gasteiger partial charge on any atom is -0.503 e. The summed E-state index contributed by atoms with van der Waals surface area (Å²) in [5.74, 6) is -0.742. The molecule has 1 heterocycles. The highest BCUT2D eigenvalue weighted by Crippen LogP contribution is 2.41. The summed E-state index contributed by atoms with van der Waals surface area (Å²) in [5, 5.41) is 10.2. The van der Waals surface area contributed by atoms with E-state index >= 15 is 0 Å². The lowest BCUT2D eigenvalue weighted by Crippen LogP contribution is -2.34. The van der Waals surface area contributed by atoms with Gasteiger partial charge in [0.25, 0.3) is 5.91 Å². The Bertz CT molecular complexity index is 638. The van der Waals surface area contributed by atoms with Gasteiger partial charge in [-0.25, -0.2) is 0 Å². The van der Waals surface area contributed by atoms with E-state index in [1.165, 1.54) is 19.1 Å². The Kier molecular flexibility index (Phi) is 5.39. The number of rotatable bonds is 7. The zero-order valence-corrected chi connectivity index (χ0v) is 13.5. The zero-order chi connectivity index (χ0) is 17.0. The van der Waals surface area contributed by atoms with Crippen molar-refractivity contribution in [1.82, 2.24) is 4.90 Å². The number of carbonyl (C=O) groups is 2. The number of Topliss-reactive ketones (excluding diaryl/α,β-unsaturated/α-hetero) is 1. The number of ether oxygens (including phenoxy) is 2. The number of hydrogen-bond donors (Lipinski definition) is 1. The van der Waals surface area contributed by atoms with Crippen molar-refractivity contribution >= 4 is 11.7 Å². The molecule has 0 spiro atoms. The van der Waals surface area contributed by atoms with Crippen LogP contribution in [0.15, 0.2) is 35.6 Å². The van der Waals surface area contributed by atoms with E-state index in [4.69, 9.17) is 9.47 Å². The average Bonchev–Trinajstić information content (AvgIpc) is 2.83. The number of para-hydroxylation sites is 1. The second-order valence-electron chi connectivity index (χ2n) is 5.17. The van der Waals surface area contributed by atoms with Crippen LogP contribution in [0.5, 0.6) is 5.75 Å². The lowest BCUT2D eigenvalue weighted by molar-refractivity contribution is -0.130. The van der Waals surface area contributed by atoms with Crippen LogP contribution in [0.3, 0.4) is 0 Å². The molecule has 0 aromatic heterocycles. The van der Waals surface area contributed by atoms with Crippen molar-refractivity contribution in [3.63, 3.8) is 0 Å². The van der Waals surface area contributed by atoms with Gasteiger partial charge in [-0.1, -0.05) is 25.1 Å². The third-order valence-electron chi connectivity index (χ3n) is 3.90. The molecule has 1 atom stereocenters. The van der Waals surface area contributed by atoms with Gasteiger partial charge in [-0.05, 0) is 6.07 Å². The zero-order valence-electron chi connectivity index (χ0n) is 13.5. The topological polar surface area (TPSA) is 76.1 Å². The summed E-state index contributed by atoms with van der Waals surface area (Å²) in [6, 6.07) is 6.50. The molecular weight excluding hydrogens is 298 g/mol. The van der Waals surface area contributed by atoms with Crippen molar-refractivity contribution < 1.29 is 24.2 Å². The summed E-state index contributed by atoms with van der Waals surface area (Å²) >= 11 is 0. The highest BCUT2D eigenvalue weighted by atomic mass is 16.5. The van der Waals surface area contributed by atoms with Gasteiger partial charge in [0.05, 0.1) is 25.3 Å². The maximum absolute atomic E-state index is 12.4. The number of aliphatic hydroxyl groups excluding tert-OH is 1. The Balaban J connectivity index is 2.55. The van der Waals surface area contributed by atoms with Crippen LogP contribution in [-0.2, 0) is 14.3 Å². The number of aliphatic hydroxyl groups is 1. The summed E-state index contributed by atoms with van der Waals surface area (Å²) in [6.45, 7) is 2.27. The average molecular weight is 319 g/mol. The van der Waals surface area contributed by atoms with Gasteiger partial charge < -0.3 is 19.5 Å². The van der Waals surface area contributed by atoms with Gasteiger partial charge in [-0.15, -0.1) is 0 Å². The lowest BCUT2D eigenvalue weighted by atomic mass is 9.94. The third kappa shape index (κ3) is 3.07. The molecule has 0 saturated carbocycles. The number of benzene rings is 1. The minimum absolute atomic E-state index is 0.123. The summed E-state index contributed by atoms with van der Waals surface area (Å²) in [7, 11) is 3.06. The van der Waals surface area contributed by atoms with Gasteiger partial charge in [0.15, 0.2) is 11.5 Å². The smallest absolute Gasteiger partial charge is 0.290 e. The van der Waals surface area contributed by atoms with Crippen LogP contribution < -0.4 is 4.74 Å². The molecule has 23 heavy (non-hydrogen) atoms. The van der Waals surface area contributed by atoms with Crippen LogP contribution >= 0.6 is 0 Å². The van der Waals surface area contributed by atoms with Crippen LogP contribution in [0, 0.1) is 0 Å². The predicted molar refractivity (Wildman–Crippen MR) is 84.3 cm³/mol. The maximum Gasteiger partial charge on any atom is 0.290 e. The second kappa shape index (κ2) is 7.28. The van der Waals surface area contributed by atoms with Gasteiger partial charge in [-0.2, -0.15) is 0 Å². The number of hydrogen-bond acceptors (Lipinski definition) is 5. The molecule has 1 unspecified atom stereocenters. The van der Waals surface area contributed by atoms with Crippen LogP contribution in [0.4, 0.5) is 0 Å². The molecule has 1 amide bonds. The Labute approximate surface area is 135 Å². The molecule has 0 bridgehead atoms. The summed E-state index contributed by atoms with van der Waals surface area (Å²) < 4.78 is 10.4. The fourth-order valence-corrected chi connectivity index (χ4v) is 2.76. The third-order valence-corrected chi connectivity index (χ3v) is 3.90. The molecule has 1 N–H and O–H groups in total. The first-order valence-corrected chi connectivity index (χ1v) is 7.45. The predicted octanol–water partition coefficient (Wildman–Crippen LogP) is 2.02. The monoisotopic (exact) mass is 319 g/mol. The van der Waals surface area contributed by atoms with E-state index in [1.807, 2.05) is 6.07 Å². The molecule has 1 aliphatic rings. The number of carbonyl (C=O) groups excluding carboxylic acids is 2. The van der Waals surface area contributed by atoms with Crippen LogP contribution in [0.25, 0.3) is 0 Å². The Morgan fingerprint density at radius 1 is 1.30 bits per heavy atom. The first kappa shape index (κ1) is 17.0. The quantitative estimate of drug-likeness (QED) is 0.832. The Morgan fingerprint density at radius 3 is 2.61 bits per heavy atom. The molecule has 124 valence electrons. The fraction of sp³-hybridized carbons (Fsp3) is 0.412. The normalized spacial score (nSPS) is 17.8. The lowest BCUT2D eigenvalue weighted by Gasteiger charge is -2.27. The van der Waals surface area contributed by atoms with E-state index in [9.17, 15) is 14.7 Å². The van der Waals surface area contributed by atoms with Crippen LogP contribution in [0.1, 0.15) is 24.9 Å². The molecule has 0 radical (unpaired) electrons. The number of amides is 1. The molecule has 0 saturated heterocycles. The van der Waals surface area contributed by atoms with E-state index in [2.05, 4.69) is 0 Å². The van der Waals surface area contributed by atoms with Crippen molar-refractivity contribution in [3.05, 3.63) is 41.2 Å². The van der Waals surface area contributed by atoms with Crippen molar-refractivity contribution in [2.75, 3.05) is 27.4 Å². The molecule has 6 nitrogen and oxygen atoms in total. The van der Waals surface area contributed by atoms with Crippen molar-refractivity contribution in [3.8, 4) is 5.75 Å².